The van der Waals surface area contributed by atoms with E-state index in [4.69, 9.17) is 4.74 Å². The Labute approximate surface area is 148 Å². The summed E-state index contributed by atoms with van der Waals surface area (Å²) in [4.78, 5) is 0. The molecule has 4 saturated carbocycles. The number of hydrogen-bond acceptors (Lipinski definition) is 2. The molecule has 8 heteroatoms. The van der Waals surface area contributed by atoms with Crippen molar-refractivity contribution in [3.05, 3.63) is 0 Å². The molecule has 4 aliphatic rings. The minimum atomic E-state index is -5.52. The van der Waals surface area contributed by atoms with Gasteiger partial charge in [-0.3, -0.25) is 0 Å². The summed E-state index contributed by atoms with van der Waals surface area (Å²) in [5.74, 6) is -0.979. The van der Waals surface area contributed by atoms with E-state index in [1.54, 1.807) is 0 Å². The van der Waals surface area contributed by atoms with Crippen LogP contribution < -0.4 is 0 Å². The number of alkyl halides is 6. The monoisotopic (exact) mass is 386 g/mol. The topological polar surface area (TPSA) is 18.5 Å². The van der Waals surface area contributed by atoms with Gasteiger partial charge in [-0.25, -0.2) is 0 Å². The Morgan fingerprint density at radius 2 is 1.42 bits per heavy atom. The number of halogens is 6. The fraction of sp³-hybridized carbons (Fsp3) is 1.00. The molecule has 0 N–H and O–H groups in total. The van der Waals surface area contributed by atoms with Crippen molar-refractivity contribution in [2.24, 2.45) is 41.4 Å². The third kappa shape index (κ3) is 2.39. The zero-order valence-electron chi connectivity index (χ0n) is 14.6. The molecular formula is C18H24F6O2. The predicted octanol–water partition coefficient (Wildman–Crippen LogP) is 5.18. The van der Waals surface area contributed by atoms with Gasteiger partial charge in [-0.05, 0) is 74.5 Å². The zero-order valence-corrected chi connectivity index (χ0v) is 14.6. The van der Waals surface area contributed by atoms with Crippen molar-refractivity contribution < 1.29 is 35.8 Å². The summed E-state index contributed by atoms with van der Waals surface area (Å²) in [5.41, 5.74) is -4.12. The summed E-state index contributed by atoms with van der Waals surface area (Å²) < 4.78 is 92.8. The van der Waals surface area contributed by atoms with Crippen LogP contribution in [0.3, 0.4) is 0 Å². The highest BCUT2D eigenvalue weighted by Gasteiger charge is 2.80. The lowest BCUT2D eigenvalue weighted by Gasteiger charge is -2.48. The van der Waals surface area contributed by atoms with Gasteiger partial charge in [0.1, 0.15) is 6.79 Å². The molecule has 0 aromatic carbocycles. The largest absolute Gasteiger partial charge is 0.426 e. The van der Waals surface area contributed by atoms with Gasteiger partial charge in [0.25, 0.3) is 5.60 Å². The molecule has 2 nitrogen and oxygen atoms in total. The number of ether oxygens (including phenoxy) is 2. The molecule has 7 atom stereocenters. The lowest BCUT2D eigenvalue weighted by Crippen LogP contribution is -2.65. The van der Waals surface area contributed by atoms with Gasteiger partial charge in [-0.1, -0.05) is 0 Å². The highest BCUT2D eigenvalue weighted by molar-refractivity contribution is 5.16. The minimum absolute atomic E-state index is 0.00301. The van der Waals surface area contributed by atoms with Crippen LogP contribution in [0, 0.1) is 41.4 Å². The zero-order chi connectivity index (χ0) is 18.9. The quantitative estimate of drug-likeness (QED) is 0.281. The van der Waals surface area contributed by atoms with Gasteiger partial charge in [0.15, 0.2) is 0 Å². The molecule has 4 fully saturated rings. The van der Waals surface area contributed by atoms with Crippen LogP contribution in [0.2, 0.25) is 0 Å². The molecule has 0 aromatic heterocycles. The van der Waals surface area contributed by atoms with Crippen LogP contribution in [0.1, 0.15) is 39.0 Å². The predicted molar refractivity (Wildman–Crippen MR) is 79.9 cm³/mol. The molecule has 150 valence electrons. The Bertz CT molecular complexity index is 531. The van der Waals surface area contributed by atoms with Crippen molar-refractivity contribution in [3.8, 4) is 0 Å². The number of rotatable bonds is 5. The fourth-order valence-electron chi connectivity index (χ4n) is 7.10. The van der Waals surface area contributed by atoms with Crippen molar-refractivity contribution >= 4 is 0 Å². The minimum Gasteiger partial charge on any atom is -0.356 e. The van der Waals surface area contributed by atoms with Gasteiger partial charge < -0.3 is 9.47 Å². The molecular weight excluding hydrogens is 362 g/mol. The van der Waals surface area contributed by atoms with E-state index < -0.39 is 36.6 Å². The van der Waals surface area contributed by atoms with Crippen LogP contribution in [0.5, 0.6) is 0 Å². The first-order valence-corrected chi connectivity index (χ1v) is 9.47. The molecule has 0 radical (unpaired) electrons. The first-order valence-electron chi connectivity index (χ1n) is 9.47. The highest BCUT2D eigenvalue weighted by atomic mass is 19.4. The second-order valence-electron chi connectivity index (χ2n) is 8.48. The first-order chi connectivity index (χ1) is 12.1. The molecule has 4 rings (SSSR count). The third-order valence-corrected chi connectivity index (χ3v) is 7.67. The van der Waals surface area contributed by atoms with E-state index in [-0.39, 0.29) is 24.9 Å². The number of hydrogen-bond donors (Lipinski definition) is 0. The molecule has 4 aliphatic carbocycles. The Balaban J connectivity index is 1.69. The lowest BCUT2D eigenvalue weighted by molar-refractivity contribution is -0.414. The van der Waals surface area contributed by atoms with Crippen molar-refractivity contribution in [1.82, 2.24) is 0 Å². The van der Waals surface area contributed by atoms with Gasteiger partial charge >= 0.3 is 12.4 Å². The van der Waals surface area contributed by atoms with E-state index in [2.05, 4.69) is 4.74 Å². The van der Waals surface area contributed by atoms with E-state index in [1.165, 1.54) is 6.92 Å². The van der Waals surface area contributed by atoms with Gasteiger partial charge in [-0.2, -0.15) is 26.3 Å². The van der Waals surface area contributed by atoms with Crippen LogP contribution in [0.15, 0.2) is 0 Å². The van der Waals surface area contributed by atoms with Gasteiger partial charge in [0.05, 0.1) is 0 Å². The molecule has 4 bridgehead atoms. The molecule has 26 heavy (non-hydrogen) atoms. The summed E-state index contributed by atoms with van der Waals surface area (Å²) in [5, 5.41) is 0. The average molecular weight is 386 g/mol. The lowest BCUT2D eigenvalue weighted by atomic mass is 9.63. The average Bonchev–Trinajstić information content (AvgIpc) is 3.26. The van der Waals surface area contributed by atoms with Crippen LogP contribution >= 0.6 is 0 Å². The second kappa shape index (κ2) is 6.00. The Morgan fingerprint density at radius 1 is 0.808 bits per heavy atom. The number of fused-ring (bicyclic) bond motifs is 9. The molecule has 0 saturated heterocycles. The normalized spacial score (nSPS) is 41.9. The maximum atomic E-state index is 13.9. The van der Waals surface area contributed by atoms with Crippen molar-refractivity contribution in [2.75, 3.05) is 13.4 Å². The summed E-state index contributed by atoms with van der Waals surface area (Å²) in [7, 11) is 0. The van der Waals surface area contributed by atoms with E-state index in [1.807, 2.05) is 0 Å². The fourth-order valence-corrected chi connectivity index (χ4v) is 7.10. The maximum absolute atomic E-state index is 13.9. The Kier molecular flexibility index (Phi) is 4.35. The van der Waals surface area contributed by atoms with Gasteiger partial charge in [0, 0.05) is 12.5 Å². The summed E-state index contributed by atoms with van der Waals surface area (Å²) in [6.45, 7) is 0.504. The maximum Gasteiger partial charge on any atom is 0.426 e. The third-order valence-electron chi connectivity index (χ3n) is 7.67. The Morgan fingerprint density at radius 3 is 2.00 bits per heavy atom. The molecule has 0 spiro atoms. The van der Waals surface area contributed by atoms with E-state index >= 15 is 0 Å². The van der Waals surface area contributed by atoms with E-state index in [0.29, 0.717) is 24.2 Å². The second-order valence-corrected chi connectivity index (χ2v) is 8.48. The van der Waals surface area contributed by atoms with E-state index in [9.17, 15) is 26.3 Å². The van der Waals surface area contributed by atoms with Crippen LogP contribution in [-0.4, -0.2) is 31.4 Å². The molecule has 0 aromatic rings. The van der Waals surface area contributed by atoms with E-state index in [0.717, 1.165) is 19.3 Å². The van der Waals surface area contributed by atoms with Crippen molar-refractivity contribution in [1.29, 1.82) is 0 Å². The van der Waals surface area contributed by atoms with Crippen LogP contribution in [0.25, 0.3) is 0 Å². The van der Waals surface area contributed by atoms with Crippen LogP contribution in [-0.2, 0) is 9.47 Å². The molecule has 0 heterocycles. The molecule has 0 aliphatic heterocycles. The summed E-state index contributed by atoms with van der Waals surface area (Å²) in [6.07, 6.45) is -7.58. The van der Waals surface area contributed by atoms with Gasteiger partial charge in [-0.15, -0.1) is 0 Å². The van der Waals surface area contributed by atoms with Crippen molar-refractivity contribution in [3.63, 3.8) is 0 Å². The van der Waals surface area contributed by atoms with Crippen LogP contribution in [0.4, 0.5) is 26.3 Å². The standard InChI is InChI=1S/C18H24F6O2/c1-2-25-8-26-16(17(19,20)21,18(22,23)24)13-7-11-6-12(13)15-10-4-3-9(5-10)14(11)15/h9-15H,2-8H2,1H3. The highest BCUT2D eigenvalue weighted by Crippen LogP contribution is 2.72. The summed E-state index contributed by atoms with van der Waals surface area (Å²) in [6, 6.07) is 0. The van der Waals surface area contributed by atoms with Gasteiger partial charge in [0.2, 0.25) is 0 Å². The SMILES string of the molecule is CCOCOC(C1CC2CC1C1C3CCC(C3)C21)(C(F)(F)F)C(F)(F)F. The first kappa shape index (κ1) is 18.8. The molecule has 0 amide bonds. The summed E-state index contributed by atoms with van der Waals surface area (Å²) >= 11 is 0. The Hall–Kier alpha value is -0.500. The molecule has 7 unspecified atom stereocenters. The smallest absolute Gasteiger partial charge is 0.356 e. The van der Waals surface area contributed by atoms with Crippen molar-refractivity contribution in [2.45, 2.75) is 57.0 Å².